The molecule has 3 nitrogen and oxygen atoms in total. The summed E-state index contributed by atoms with van der Waals surface area (Å²) in [6.07, 6.45) is 1.78. The first-order chi connectivity index (χ1) is 10.8. The SMILES string of the molecule is Clc1cc(CNc2nccs2)ccc1OCc1ccccc1. The highest BCUT2D eigenvalue weighted by atomic mass is 35.5. The zero-order valence-corrected chi connectivity index (χ0v) is 13.4. The fourth-order valence-electron chi connectivity index (χ4n) is 2.00. The van der Waals surface area contributed by atoms with E-state index in [4.69, 9.17) is 16.3 Å². The summed E-state index contributed by atoms with van der Waals surface area (Å²) >= 11 is 7.87. The molecule has 1 aromatic heterocycles. The lowest BCUT2D eigenvalue weighted by molar-refractivity contribution is 0.306. The van der Waals surface area contributed by atoms with E-state index in [1.165, 1.54) is 0 Å². The number of nitrogens with zero attached hydrogens (tertiary/aromatic N) is 1. The molecule has 0 unspecified atom stereocenters. The first-order valence-corrected chi connectivity index (χ1v) is 8.15. The normalized spacial score (nSPS) is 10.4. The highest BCUT2D eigenvalue weighted by Gasteiger charge is 2.04. The van der Waals surface area contributed by atoms with Gasteiger partial charge in [0.2, 0.25) is 0 Å². The summed E-state index contributed by atoms with van der Waals surface area (Å²) in [4.78, 5) is 4.18. The lowest BCUT2D eigenvalue weighted by Gasteiger charge is -2.10. The zero-order valence-electron chi connectivity index (χ0n) is 11.8. The van der Waals surface area contributed by atoms with Crippen LogP contribution in [0.25, 0.3) is 0 Å². The maximum absolute atomic E-state index is 6.29. The Hall–Kier alpha value is -2.04. The molecule has 22 heavy (non-hydrogen) atoms. The molecule has 0 saturated carbocycles. The molecule has 0 amide bonds. The minimum Gasteiger partial charge on any atom is -0.487 e. The van der Waals surface area contributed by atoms with Gasteiger partial charge in [-0.2, -0.15) is 0 Å². The monoisotopic (exact) mass is 330 g/mol. The van der Waals surface area contributed by atoms with E-state index in [2.05, 4.69) is 10.3 Å². The summed E-state index contributed by atoms with van der Waals surface area (Å²) in [5, 5.41) is 6.72. The summed E-state index contributed by atoms with van der Waals surface area (Å²) in [6.45, 7) is 1.20. The van der Waals surface area contributed by atoms with Crippen LogP contribution in [0.4, 0.5) is 5.13 Å². The predicted molar refractivity (Wildman–Crippen MR) is 91.7 cm³/mol. The van der Waals surface area contributed by atoms with E-state index < -0.39 is 0 Å². The number of anilines is 1. The number of thiazole rings is 1. The van der Waals surface area contributed by atoms with Gasteiger partial charge >= 0.3 is 0 Å². The van der Waals surface area contributed by atoms with Gasteiger partial charge in [0.1, 0.15) is 12.4 Å². The van der Waals surface area contributed by atoms with Crippen molar-refractivity contribution in [2.75, 3.05) is 5.32 Å². The maximum Gasteiger partial charge on any atom is 0.182 e. The molecular formula is C17H15ClN2OS. The van der Waals surface area contributed by atoms with Gasteiger partial charge in [0.05, 0.1) is 5.02 Å². The average molecular weight is 331 g/mol. The molecule has 1 heterocycles. The second-order valence-electron chi connectivity index (χ2n) is 4.73. The van der Waals surface area contributed by atoms with Crippen molar-refractivity contribution in [1.82, 2.24) is 4.98 Å². The number of halogens is 1. The Morgan fingerprint density at radius 1 is 1.09 bits per heavy atom. The smallest absolute Gasteiger partial charge is 0.182 e. The van der Waals surface area contributed by atoms with Gasteiger partial charge in [0, 0.05) is 18.1 Å². The van der Waals surface area contributed by atoms with Gasteiger partial charge < -0.3 is 10.1 Å². The van der Waals surface area contributed by atoms with Gasteiger partial charge in [-0.1, -0.05) is 48.0 Å². The number of rotatable bonds is 6. The topological polar surface area (TPSA) is 34.2 Å². The van der Waals surface area contributed by atoms with E-state index in [0.717, 1.165) is 16.3 Å². The van der Waals surface area contributed by atoms with E-state index in [0.29, 0.717) is 23.9 Å². The van der Waals surface area contributed by atoms with Crippen molar-refractivity contribution in [2.24, 2.45) is 0 Å². The standard InChI is InChI=1S/C17H15ClN2OS/c18-15-10-14(11-20-17-19-8-9-22-17)6-7-16(15)21-12-13-4-2-1-3-5-13/h1-10H,11-12H2,(H,19,20). The van der Waals surface area contributed by atoms with Crippen molar-refractivity contribution in [2.45, 2.75) is 13.2 Å². The van der Waals surface area contributed by atoms with Crippen LogP contribution in [0.1, 0.15) is 11.1 Å². The zero-order chi connectivity index (χ0) is 15.2. The summed E-state index contributed by atoms with van der Waals surface area (Å²) < 4.78 is 5.77. The van der Waals surface area contributed by atoms with Gasteiger partial charge in [-0.15, -0.1) is 11.3 Å². The summed E-state index contributed by atoms with van der Waals surface area (Å²) in [5.74, 6) is 0.698. The van der Waals surface area contributed by atoms with Crippen LogP contribution in [0.3, 0.4) is 0 Å². The molecule has 0 aliphatic carbocycles. The molecule has 3 aromatic rings. The Morgan fingerprint density at radius 3 is 2.68 bits per heavy atom. The van der Waals surface area contributed by atoms with Gasteiger partial charge in [0.25, 0.3) is 0 Å². The molecule has 0 radical (unpaired) electrons. The molecule has 0 bridgehead atoms. The summed E-state index contributed by atoms with van der Waals surface area (Å²) in [6, 6.07) is 15.9. The molecule has 0 saturated heterocycles. The lowest BCUT2D eigenvalue weighted by Crippen LogP contribution is -2.00. The summed E-state index contributed by atoms with van der Waals surface area (Å²) in [5.41, 5.74) is 2.21. The van der Waals surface area contributed by atoms with E-state index in [1.807, 2.05) is 53.9 Å². The van der Waals surface area contributed by atoms with Crippen molar-refractivity contribution in [1.29, 1.82) is 0 Å². The van der Waals surface area contributed by atoms with Crippen molar-refractivity contribution in [3.8, 4) is 5.75 Å². The van der Waals surface area contributed by atoms with Crippen LogP contribution in [-0.4, -0.2) is 4.98 Å². The Bertz CT molecular complexity index is 717. The van der Waals surface area contributed by atoms with Crippen LogP contribution in [0.15, 0.2) is 60.1 Å². The highest BCUT2D eigenvalue weighted by Crippen LogP contribution is 2.26. The van der Waals surface area contributed by atoms with E-state index >= 15 is 0 Å². The maximum atomic E-state index is 6.29. The summed E-state index contributed by atoms with van der Waals surface area (Å²) in [7, 11) is 0. The number of aromatic nitrogens is 1. The van der Waals surface area contributed by atoms with Gasteiger partial charge in [0.15, 0.2) is 5.13 Å². The minimum atomic E-state index is 0.511. The van der Waals surface area contributed by atoms with Gasteiger partial charge in [-0.25, -0.2) is 4.98 Å². The van der Waals surface area contributed by atoms with Crippen molar-refractivity contribution >= 4 is 28.1 Å². The molecule has 3 rings (SSSR count). The van der Waals surface area contributed by atoms with Crippen molar-refractivity contribution in [3.05, 3.63) is 76.3 Å². The van der Waals surface area contributed by atoms with Crippen LogP contribution in [-0.2, 0) is 13.2 Å². The third-order valence-electron chi connectivity index (χ3n) is 3.11. The quantitative estimate of drug-likeness (QED) is 0.691. The minimum absolute atomic E-state index is 0.511. The van der Waals surface area contributed by atoms with Crippen LogP contribution < -0.4 is 10.1 Å². The number of nitrogens with one attached hydrogen (secondary N) is 1. The third kappa shape index (κ3) is 4.00. The fourth-order valence-corrected chi connectivity index (χ4v) is 2.78. The second kappa shape index (κ2) is 7.29. The van der Waals surface area contributed by atoms with Crippen LogP contribution in [0.5, 0.6) is 5.75 Å². The number of ether oxygens (including phenoxy) is 1. The van der Waals surface area contributed by atoms with Gasteiger partial charge in [-0.3, -0.25) is 0 Å². The highest BCUT2D eigenvalue weighted by molar-refractivity contribution is 7.13. The second-order valence-corrected chi connectivity index (χ2v) is 6.03. The molecular weight excluding hydrogens is 316 g/mol. The van der Waals surface area contributed by atoms with Crippen LogP contribution in [0.2, 0.25) is 5.02 Å². The first-order valence-electron chi connectivity index (χ1n) is 6.90. The number of hydrogen-bond donors (Lipinski definition) is 1. The Labute approximate surface area is 138 Å². The largest absolute Gasteiger partial charge is 0.487 e. The third-order valence-corrected chi connectivity index (χ3v) is 4.14. The molecule has 0 fully saturated rings. The predicted octanol–water partition coefficient (Wildman–Crippen LogP) is 4.99. The molecule has 2 aromatic carbocycles. The van der Waals surface area contributed by atoms with Gasteiger partial charge in [-0.05, 0) is 23.3 Å². The average Bonchev–Trinajstić information content (AvgIpc) is 3.06. The molecule has 0 aliphatic rings. The molecule has 5 heteroatoms. The molecule has 0 aliphatic heterocycles. The molecule has 0 atom stereocenters. The molecule has 1 N–H and O–H groups in total. The Balaban J connectivity index is 1.59. The molecule has 112 valence electrons. The van der Waals surface area contributed by atoms with Crippen molar-refractivity contribution < 1.29 is 4.74 Å². The van der Waals surface area contributed by atoms with Crippen LogP contribution in [0, 0.1) is 0 Å². The first kappa shape index (κ1) is 14.9. The van der Waals surface area contributed by atoms with Crippen molar-refractivity contribution in [3.63, 3.8) is 0 Å². The van der Waals surface area contributed by atoms with Crippen LogP contribution >= 0.6 is 22.9 Å². The van der Waals surface area contributed by atoms with E-state index in [-0.39, 0.29) is 0 Å². The molecule has 0 spiro atoms. The van der Waals surface area contributed by atoms with E-state index in [1.54, 1.807) is 17.5 Å². The number of benzene rings is 2. The van der Waals surface area contributed by atoms with E-state index in [9.17, 15) is 0 Å². The fraction of sp³-hybridized carbons (Fsp3) is 0.118. The number of hydrogen-bond acceptors (Lipinski definition) is 4. The Kier molecular flexibility index (Phi) is 4.93. The lowest BCUT2D eigenvalue weighted by atomic mass is 10.2. The Morgan fingerprint density at radius 2 is 1.95 bits per heavy atom.